The van der Waals surface area contributed by atoms with Crippen LogP contribution in [0.25, 0.3) is 54.2 Å². The maximum absolute atomic E-state index is 2.43. The van der Waals surface area contributed by atoms with E-state index in [1.54, 1.807) is 0 Å². The van der Waals surface area contributed by atoms with Crippen molar-refractivity contribution in [3.8, 4) is 11.1 Å². The predicted octanol–water partition coefficient (Wildman–Crippen LogP) is 15.5. The van der Waals surface area contributed by atoms with Crippen molar-refractivity contribution in [2.24, 2.45) is 0 Å². The Morgan fingerprint density at radius 3 is 1.41 bits per heavy atom. The molecule has 0 amide bonds. The molecule has 0 saturated heterocycles. The molecule has 10 aromatic carbocycles. The SMILES string of the molecule is Cc1cc(N(c2ccc3ccccc3c2)c2cccc3ccccc23)ccc1-c1ccc(N(c2ccccc2)c2c3ccccc3cc3ccccc23)cc1C. The minimum atomic E-state index is 1.13. The number of hydrogen-bond donors (Lipinski definition) is 0. The van der Waals surface area contributed by atoms with Gasteiger partial charge < -0.3 is 9.80 Å². The fourth-order valence-electron chi connectivity index (χ4n) is 8.54. The van der Waals surface area contributed by atoms with Gasteiger partial charge in [0.25, 0.3) is 0 Å². The molecule has 0 unspecified atom stereocenters. The van der Waals surface area contributed by atoms with Crippen molar-refractivity contribution < 1.29 is 0 Å². The van der Waals surface area contributed by atoms with Gasteiger partial charge in [-0.15, -0.1) is 0 Å². The van der Waals surface area contributed by atoms with E-state index in [0.29, 0.717) is 0 Å². The van der Waals surface area contributed by atoms with Gasteiger partial charge >= 0.3 is 0 Å². The van der Waals surface area contributed by atoms with Crippen LogP contribution >= 0.6 is 0 Å². The molecule has 0 heterocycles. The van der Waals surface area contributed by atoms with Crippen molar-refractivity contribution in [1.29, 1.82) is 0 Å². The van der Waals surface area contributed by atoms with E-state index >= 15 is 0 Å². The van der Waals surface area contributed by atoms with Gasteiger partial charge in [-0.1, -0.05) is 146 Å². The average molecular weight is 717 g/mol. The molecule has 0 spiro atoms. The lowest BCUT2D eigenvalue weighted by atomic mass is 9.94. The summed E-state index contributed by atoms with van der Waals surface area (Å²) in [6, 6.07) is 75.1. The van der Waals surface area contributed by atoms with E-state index in [9.17, 15) is 0 Å². The number of rotatable bonds is 7. The van der Waals surface area contributed by atoms with Gasteiger partial charge in [0.2, 0.25) is 0 Å². The van der Waals surface area contributed by atoms with Crippen molar-refractivity contribution in [2.45, 2.75) is 13.8 Å². The van der Waals surface area contributed by atoms with Crippen LogP contribution in [-0.4, -0.2) is 0 Å². The van der Waals surface area contributed by atoms with Gasteiger partial charge in [0.05, 0.1) is 11.4 Å². The van der Waals surface area contributed by atoms with Crippen molar-refractivity contribution in [2.75, 3.05) is 9.80 Å². The third-order valence-electron chi connectivity index (χ3n) is 11.2. The van der Waals surface area contributed by atoms with Crippen LogP contribution in [0, 0.1) is 13.8 Å². The van der Waals surface area contributed by atoms with E-state index in [-0.39, 0.29) is 0 Å². The number of para-hydroxylation sites is 1. The summed E-state index contributed by atoms with van der Waals surface area (Å²) >= 11 is 0. The average Bonchev–Trinajstić information content (AvgIpc) is 3.24. The summed E-state index contributed by atoms with van der Waals surface area (Å²) < 4.78 is 0. The van der Waals surface area contributed by atoms with Crippen LogP contribution in [0.3, 0.4) is 0 Å². The van der Waals surface area contributed by atoms with E-state index in [1.807, 2.05) is 0 Å². The first kappa shape index (κ1) is 33.4. The highest BCUT2D eigenvalue weighted by atomic mass is 15.1. The molecule has 0 atom stereocenters. The number of anilines is 6. The molecule has 10 aromatic rings. The lowest BCUT2D eigenvalue weighted by Gasteiger charge is -2.29. The highest BCUT2D eigenvalue weighted by molar-refractivity contribution is 6.14. The van der Waals surface area contributed by atoms with Crippen LogP contribution in [-0.2, 0) is 0 Å². The van der Waals surface area contributed by atoms with Gasteiger partial charge in [0.15, 0.2) is 0 Å². The first-order valence-electron chi connectivity index (χ1n) is 19.3. The highest BCUT2D eigenvalue weighted by Crippen LogP contribution is 2.46. The second-order valence-electron chi connectivity index (χ2n) is 14.7. The maximum Gasteiger partial charge on any atom is 0.0618 e. The quantitative estimate of drug-likeness (QED) is 0.152. The molecule has 266 valence electrons. The third kappa shape index (κ3) is 5.84. The van der Waals surface area contributed by atoms with Crippen LogP contribution in [0.2, 0.25) is 0 Å². The van der Waals surface area contributed by atoms with Gasteiger partial charge in [-0.25, -0.2) is 0 Å². The van der Waals surface area contributed by atoms with Crippen LogP contribution in [0.5, 0.6) is 0 Å². The molecule has 0 radical (unpaired) electrons. The summed E-state index contributed by atoms with van der Waals surface area (Å²) in [5.41, 5.74) is 11.8. The molecular formula is C54H40N2. The van der Waals surface area contributed by atoms with Crippen LogP contribution in [0.4, 0.5) is 34.1 Å². The van der Waals surface area contributed by atoms with E-state index in [2.05, 4.69) is 230 Å². The zero-order chi connectivity index (χ0) is 37.6. The zero-order valence-corrected chi connectivity index (χ0v) is 31.5. The van der Waals surface area contributed by atoms with Gasteiger partial charge in [0, 0.05) is 38.9 Å². The summed E-state index contributed by atoms with van der Waals surface area (Å²) in [7, 11) is 0. The van der Waals surface area contributed by atoms with Gasteiger partial charge in [-0.3, -0.25) is 0 Å². The summed E-state index contributed by atoms with van der Waals surface area (Å²) in [6.07, 6.45) is 0. The molecule has 10 rings (SSSR count). The van der Waals surface area contributed by atoms with Gasteiger partial charge in [-0.2, -0.15) is 0 Å². The Morgan fingerprint density at radius 1 is 0.286 bits per heavy atom. The molecule has 0 fully saturated rings. The standard InChI is InChI=1S/C54H40N2/c1-37-33-45(55(47-28-27-39-15-6-7-17-41(39)36-47)53-26-14-20-40-16-8-11-23-50(40)53)29-31-48(37)49-32-30-46(34-38(49)2)56(44-21-4-3-5-22-44)54-51-24-12-9-18-42(51)35-43-19-10-13-25-52(43)54/h3-36H,1-2H3. The molecule has 0 aliphatic carbocycles. The third-order valence-corrected chi connectivity index (χ3v) is 11.2. The lowest BCUT2D eigenvalue weighted by molar-refractivity contribution is 1.28. The van der Waals surface area contributed by atoms with E-state index < -0.39 is 0 Å². The Kier molecular flexibility index (Phi) is 8.30. The van der Waals surface area contributed by atoms with E-state index in [1.165, 1.54) is 71.0 Å². The minimum absolute atomic E-state index is 1.13. The Balaban J connectivity index is 1.10. The number of benzene rings is 10. The van der Waals surface area contributed by atoms with Crippen LogP contribution < -0.4 is 9.80 Å². The highest BCUT2D eigenvalue weighted by Gasteiger charge is 2.21. The molecule has 0 bridgehead atoms. The summed E-state index contributed by atoms with van der Waals surface area (Å²) in [5.74, 6) is 0. The normalized spacial score (nSPS) is 11.4. The largest absolute Gasteiger partial charge is 0.310 e. The van der Waals surface area contributed by atoms with Crippen molar-refractivity contribution in [1.82, 2.24) is 0 Å². The van der Waals surface area contributed by atoms with Crippen molar-refractivity contribution >= 4 is 77.2 Å². The van der Waals surface area contributed by atoms with Crippen molar-refractivity contribution in [3.63, 3.8) is 0 Å². The summed E-state index contributed by atoms with van der Waals surface area (Å²) in [5, 5.41) is 9.81. The molecule has 0 aromatic heterocycles. The number of nitrogens with zero attached hydrogens (tertiary/aromatic N) is 2. The smallest absolute Gasteiger partial charge is 0.0618 e. The number of hydrogen-bond acceptors (Lipinski definition) is 2. The molecule has 2 nitrogen and oxygen atoms in total. The molecule has 0 saturated carbocycles. The monoisotopic (exact) mass is 716 g/mol. The number of aryl methyl sites for hydroxylation is 2. The molecule has 2 heteroatoms. The first-order chi connectivity index (χ1) is 27.6. The molecular weight excluding hydrogens is 677 g/mol. The second kappa shape index (κ2) is 13.9. The topological polar surface area (TPSA) is 6.48 Å². The van der Waals surface area contributed by atoms with Crippen LogP contribution in [0.1, 0.15) is 11.1 Å². The molecule has 0 aliphatic heterocycles. The lowest BCUT2D eigenvalue weighted by Crippen LogP contribution is -2.12. The summed E-state index contributed by atoms with van der Waals surface area (Å²) in [6.45, 7) is 4.49. The minimum Gasteiger partial charge on any atom is -0.310 e. The van der Waals surface area contributed by atoms with Gasteiger partial charge in [0.1, 0.15) is 0 Å². The first-order valence-corrected chi connectivity index (χ1v) is 19.3. The maximum atomic E-state index is 2.43. The van der Waals surface area contributed by atoms with Crippen LogP contribution in [0.15, 0.2) is 206 Å². The second-order valence-corrected chi connectivity index (χ2v) is 14.7. The van der Waals surface area contributed by atoms with E-state index in [0.717, 1.165) is 28.4 Å². The fourth-order valence-corrected chi connectivity index (χ4v) is 8.54. The Morgan fingerprint density at radius 2 is 0.768 bits per heavy atom. The predicted molar refractivity (Wildman–Crippen MR) is 241 cm³/mol. The van der Waals surface area contributed by atoms with Gasteiger partial charge in [-0.05, 0) is 124 Å². The molecule has 0 N–H and O–H groups in total. The van der Waals surface area contributed by atoms with E-state index in [4.69, 9.17) is 0 Å². The Bertz CT molecular complexity index is 3010. The zero-order valence-electron chi connectivity index (χ0n) is 31.5. The fraction of sp³-hybridized carbons (Fsp3) is 0.0370. The molecule has 0 aliphatic rings. The summed E-state index contributed by atoms with van der Waals surface area (Å²) in [4.78, 5) is 4.84. The Labute approximate surface area is 328 Å². The molecule has 56 heavy (non-hydrogen) atoms. The Hall–Kier alpha value is -7.16. The number of fused-ring (bicyclic) bond motifs is 4. The van der Waals surface area contributed by atoms with Crippen molar-refractivity contribution in [3.05, 3.63) is 217 Å².